The molecule has 1 aliphatic heterocycles. The second-order valence-electron chi connectivity index (χ2n) is 6.52. The summed E-state index contributed by atoms with van der Waals surface area (Å²) in [4.78, 5) is 26.6. The molecule has 2 fully saturated rings. The van der Waals surface area contributed by atoms with Crippen molar-refractivity contribution in [3.05, 3.63) is 11.8 Å². The third-order valence-corrected chi connectivity index (χ3v) is 4.75. The van der Waals surface area contributed by atoms with Crippen LogP contribution in [0.15, 0.2) is 6.07 Å². The van der Waals surface area contributed by atoms with Crippen molar-refractivity contribution in [2.24, 2.45) is 5.92 Å². The van der Waals surface area contributed by atoms with Gasteiger partial charge in [0.15, 0.2) is 5.82 Å². The van der Waals surface area contributed by atoms with E-state index in [1.807, 2.05) is 11.8 Å². The molecule has 2 amide bonds. The number of likely N-dealkylation sites (tertiary alicyclic amines) is 1. The summed E-state index contributed by atoms with van der Waals surface area (Å²) in [6.45, 7) is 2.44. The fourth-order valence-electron chi connectivity index (χ4n) is 3.54. The van der Waals surface area contributed by atoms with Crippen molar-refractivity contribution in [2.45, 2.75) is 57.9 Å². The summed E-state index contributed by atoms with van der Waals surface area (Å²) >= 11 is 0. The largest absolute Gasteiger partial charge is 0.339 e. The van der Waals surface area contributed by atoms with Crippen molar-refractivity contribution in [1.82, 2.24) is 15.1 Å². The minimum Gasteiger partial charge on any atom is -0.339 e. The van der Waals surface area contributed by atoms with Crippen molar-refractivity contribution in [2.75, 3.05) is 11.9 Å². The molecule has 1 atom stereocenters. The fourth-order valence-corrected chi connectivity index (χ4v) is 3.54. The van der Waals surface area contributed by atoms with Crippen LogP contribution >= 0.6 is 0 Å². The smallest absolute Gasteiger partial charge is 0.230 e. The van der Waals surface area contributed by atoms with Gasteiger partial charge in [-0.15, -0.1) is 0 Å². The molecule has 2 heterocycles. The van der Waals surface area contributed by atoms with Crippen LogP contribution in [0.3, 0.4) is 0 Å². The molecule has 3 rings (SSSR count). The van der Waals surface area contributed by atoms with Gasteiger partial charge in [-0.25, -0.2) is 0 Å². The highest BCUT2D eigenvalue weighted by atomic mass is 16.2. The average molecular weight is 304 g/mol. The minimum absolute atomic E-state index is 0.101. The third-order valence-electron chi connectivity index (χ3n) is 4.75. The van der Waals surface area contributed by atoms with Crippen LogP contribution in [0.1, 0.15) is 50.6 Å². The maximum Gasteiger partial charge on any atom is 0.230 e. The van der Waals surface area contributed by atoms with E-state index in [1.165, 1.54) is 25.7 Å². The van der Waals surface area contributed by atoms with Gasteiger partial charge in [0, 0.05) is 30.8 Å². The quantitative estimate of drug-likeness (QED) is 0.841. The van der Waals surface area contributed by atoms with Crippen LogP contribution in [0.25, 0.3) is 0 Å². The minimum atomic E-state index is -0.257. The lowest BCUT2D eigenvalue weighted by molar-refractivity contribution is -0.130. The van der Waals surface area contributed by atoms with E-state index < -0.39 is 0 Å². The number of anilines is 1. The first-order chi connectivity index (χ1) is 10.6. The van der Waals surface area contributed by atoms with Crippen molar-refractivity contribution in [1.29, 1.82) is 0 Å². The molecule has 0 spiro atoms. The van der Waals surface area contributed by atoms with Crippen LogP contribution in [0.5, 0.6) is 0 Å². The fraction of sp³-hybridized carbons (Fsp3) is 0.688. The lowest BCUT2D eigenvalue weighted by atomic mass is 10.1. The molecule has 0 radical (unpaired) electrons. The number of hydrogen-bond acceptors (Lipinski definition) is 3. The monoisotopic (exact) mass is 304 g/mol. The van der Waals surface area contributed by atoms with Gasteiger partial charge in [0.2, 0.25) is 11.8 Å². The second-order valence-corrected chi connectivity index (χ2v) is 6.52. The number of carbonyl (C=O) groups excluding carboxylic acids is 2. The Bertz CT molecular complexity index is 546. The van der Waals surface area contributed by atoms with E-state index in [9.17, 15) is 9.59 Å². The van der Waals surface area contributed by atoms with E-state index in [1.54, 1.807) is 6.07 Å². The second kappa shape index (κ2) is 6.50. The van der Waals surface area contributed by atoms with E-state index in [0.717, 1.165) is 18.5 Å². The Balaban J connectivity index is 1.59. The summed E-state index contributed by atoms with van der Waals surface area (Å²) < 4.78 is 0. The molecular weight excluding hydrogens is 280 g/mol. The Morgan fingerprint density at radius 3 is 2.68 bits per heavy atom. The summed E-state index contributed by atoms with van der Waals surface area (Å²) in [5, 5.41) is 9.61. The molecule has 1 saturated carbocycles. The Morgan fingerprint density at radius 2 is 2.05 bits per heavy atom. The Morgan fingerprint density at radius 1 is 1.32 bits per heavy atom. The molecule has 0 aromatic carbocycles. The normalized spacial score (nSPS) is 23.6. The predicted octanol–water partition coefficient (Wildman–Crippen LogP) is 2.23. The number of hydrogen-bond donors (Lipinski definition) is 2. The maximum absolute atomic E-state index is 12.3. The van der Waals surface area contributed by atoms with Crippen molar-refractivity contribution < 1.29 is 9.59 Å². The van der Waals surface area contributed by atoms with Gasteiger partial charge in [-0.1, -0.05) is 25.7 Å². The number of H-pyrrole nitrogens is 1. The molecule has 6 heteroatoms. The molecule has 2 aliphatic rings. The number of nitrogens with one attached hydrogen (secondary N) is 2. The number of rotatable bonds is 3. The van der Waals surface area contributed by atoms with Crippen LogP contribution in [0, 0.1) is 12.8 Å². The van der Waals surface area contributed by atoms with Gasteiger partial charge in [-0.05, 0) is 19.8 Å². The topological polar surface area (TPSA) is 78.1 Å². The van der Waals surface area contributed by atoms with Gasteiger partial charge in [-0.2, -0.15) is 5.10 Å². The van der Waals surface area contributed by atoms with Crippen molar-refractivity contribution in [3.63, 3.8) is 0 Å². The third kappa shape index (κ3) is 3.31. The molecule has 0 unspecified atom stereocenters. The summed E-state index contributed by atoms with van der Waals surface area (Å²) in [7, 11) is 0. The summed E-state index contributed by atoms with van der Waals surface area (Å²) in [6, 6.07) is 2.12. The molecule has 120 valence electrons. The molecule has 2 N–H and O–H groups in total. The molecule has 6 nitrogen and oxygen atoms in total. The van der Waals surface area contributed by atoms with E-state index in [2.05, 4.69) is 15.5 Å². The van der Waals surface area contributed by atoms with Crippen LogP contribution in [0.4, 0.5) is 5.82 Å². The number of carbonyl (C=O) groups is 2. The molecule has 1 aromatic heterocycles. The molecule has 22 heavy (non-hydrogen) atoms. The number of amides is 2. The zero-order valence-corrected chi connectivity index (χ0v) is 13.1. The maximum atomic E-state index is 12.3. The summed E-state index contributed by atoms with van der Waals surface area (Å²) in [6.07, 6.45) is 7.40. The highest BCUT2D eigenvalue weighted by Gasteiger charge is 2.37. The van der Waals surface area contributed by atoms with E-state index >= 15 is 0 Å². The van der Waals surface area contributed by atoms with Crippen LogP contribution < -0.4 is 5.32 Å². The number of aryl methyl sites for hydroxylation is 1. The zero-order valence-electron chi connectivity index (χ0n) is 13.1. The van der Waals surface area contributed by atoms with Gasteiger partial charge < -0.3 is 10.2 Å². The molecule has 1 aliphatic carbocycles. The Kier molecular flexibility index (Phi) is 4.45. The molecule has 0 bridgehead atoms. The summed E-state index contributed by atoms with van der Waals surface area (Å²) in [5.74, 6) is 0.303. The van der Waals surface area contributed by atoms with Gasteiger partial charge in [0.05, 0.1) is 5.92 Å². The predicted molar refractivity (Wildman–Crippen MR) is 83.3 cm³/mol. The van der Waals surface area contributed by atoms with Gasteiger partial charge >= 0.3 is 0 Å². The van der Waals surface area contributed by atoms with Gasteiger partial charge in [-0.3, -0.25) is 14.7 Å². The van der Waals surface area contributed by atoms with E-state index in [-0.39, 0.29) is 17.7 Å². The highest BCUT2D eigenvalue weighted by Crippen LogP contribution is 2.28. The number of aromatic amines is 1. The molecular formula is C16H24N4O2. The first-order valence-electron chi connectivity index (χ1n) is 8.26. The van der Waals surface area contributed by atoms with Crippen LogP contribution in [-0.4, -0.2) is 39.5 Å². The first kappa shape index (κ1) is 15.1. The number of aromatic nitrogens is 2. The standard InChI is InChI=1S/C16H24N4O2/c1-11-8-14(19-18-11)17-16(22)12-9-15(21)20(10-12)13-6-4-2-3-5-7-13/h8,12-13H,2-7,9-10H2,1H3,(H2,17,18,19,22)/t12-/m0/s1. The lowest BCUT2D eigenvalue weighted by Crippen LogP contribution is -2.37. The zero-order chi connectivity index (χ0) is 15.5. The van der Waals surface area contributed by atoms with E-state index in [4.69, 9.17) is 0 Å². The molecule has 1 aromatic rings. The average Bonchev–Trinajstić information content (AvgIpc) is 2.96. The SMILES string of the molecule is Cc1cc(NC(=O)[C@H]2CC(=O)N(C3CCCCCC3)C2)n[nH]1. The van der Waals surface area contributed by atoms with Gasteiger partial charge in [0.25, 0.3) is 0 Å². The van der Waals surface area contributed by atoms with Crippen LogP contribution in [-0.2, 0) is 9.59 Å². The van der Waals surface area contributed by atoms with Crippen molar-refractivity contribution >= 4 is 17.6 Å². The van der Waals surface area contributed by atoms with Gasteiger partial charge in [0.1, 0.15) is 0 Å². The summed E-state index contributed by atoms with van der Waals surface area (Å²) in [5.41, 5.74) is 0.901. The Labute approximate surface area is 130 Å². The first-order valence-corrected chi connectivity index (χ1v) is 8.26. The Hall–Kier alpha value is -1.85. The van der Waals surface area contributed by atoms with Crippen LogP contribution in [0.2, 0.25) is 0 Å². The van der Waals surface area contributed by atoms with Crippen molar-refractivity contribution in [3.8, 4) is 0 Å². The molecule has 1 saturated heterocycles. The lowest BCUT2D eigenvalue weighted by Gasteiger charge is -2.27. The van der Waals surface area contributed by atoms with E-state index in [0.29, 0.717) is 24.8 Å². The number of nitrogens with zero attached hydrogens (tertiary/aromatic N) is 2. The highest BCUT2D eigenvalue weighted by molar-refractivity contribution is 5.96.